The molecule has 2 rings (SSSR count). The Hall–Kier alpha value is -2.78. The Balaban J connectivity index is 0.000000240. The predicted octanol–water partition coefficient (Wildman–Crippen LogP) is 4.33. The van der Waals surface area contributed by atoms with Gasteiger partial charge in [-0.1, -0.05) is 0 Å². The van der Waals surface area contributed by atoms with E-state index in [9.17, 15) is 26.3 Å². The molecule has 0 heterocycles. The fourth-order valence-electron chi connectivity index (χ4n) is 1.34. The van der Waals surface area contributed by atoms with E-state index in [4.69, 9.17) is 11.5 Å². The van der Waals surface area contributed by atoms with Crippen LogP contribution in [0.3, 0.4) is 0 Å². The van der Waals surface area contributed by atoms with E-state index in [0.29, 0.717) is 11.4 Å². The van der Waals surface area contributed by atoms with Crippen LogP contribution in [-0.4, -0.2) is 12.7 Å². The lowest BCUT2D eigenvalue weighted by Crippen LogP contribution is -2.16. The predicted molar refractivity (Wildman–Crippen MR) is 75.1 cm³/mol. The average Bonchev–Trinajstić information content (AvgIpc) is 2.42. The van der Waals surface area contributed by atoms with Gasteiger partial charge in [0.2, 0.25) is 0 Å². The normalized spacial score (nSPS) is 11.2. The van der Waals surface area contributed by atoms with Crippen molar-refractivity contribution in [3.63, 3.8) is 0 Å². The minimum absolute atomic E-state index is 0.267. The number of anilines is 2. The summed E-state index contributed by atoms with van der Waals surface area (Å²) in [5.41, 5.74) is 11.3. The third-order valence-electron chi connectivity index (χ3n) is 2.23. The van der Waals surface area contributed by atoms with E-state index in [-0.39, 0.29) is 11.5 Å². The van der Waals surface area contributed by atoms with Crippen molar-refractivity contribution in [1.29, 1.82) is 0 Å². The van der Waals surface area contributed by atoms with Crippen molar-refractivity contribution in [3.05, 3.63) is 48.5 Å². The molecule has 0 saturated heterocycles. The van der Waals surface area contributed by atoms with Crippen LogP contribution in [0.2, 0.25) is 0 Å². The Morgan fingerprint density at radius 2 is 0.792 bits per heavy atom. The highest BCUT2D eigenvalue weighted by molar-refractivity contribution is 5.42. The number of halogens is 6. The lowest BCUT2D eigenvalue weighted by atomic mass is 10.3. The minimum Gasteiger partial charge on any atom is -0.406 e. The molecule has 24 heavy (non-hydrogen) atoms. The number of hydrogen-bond acceptors (Lipinski definition) is 4. The Morgan fingerprint density at radius 3 is 1.00 bits per heavy atom. The molecule has 0 aliphatic rings. The van der Waals surface area contributed by atoms with E-state index >= 15 is 0 Å². The van der Waals surface area contributed by atoms with E-state index < -0.39 is 12.7 Å². The maximum Gasteiger partial charge on any atom is 0.573 e. The number of nitrogens with two attached hydrogens (primary N) is 2. The van der Waals surface area contributed by atoms with Crippen LogP contribution in [0.15, 0.2) is 48.5 Å². The maximum absolute atomic E-state index is 11.6. The van der Waals surface area contributed by atoms with E-state index in [2.05, 4.69) is 9.47 Å². The van der Waals surface area contributed by atoms with Crippen LogP contribution in [-0.2, 0) is 0 Å². The summed E-state index contributed by atoms with van der Waals surface area (Å²) in [6.45, 7) is 0. The molecule has 132 valence electrons. The van der Waals surface area contributed by atoms with Gasteiger partial charge < -0.3 is 20.9 Å². The Kier molecular flexibility index (Phi) is 6.15. The fraction of sp³-hybridized carbons (Fsp3) is 0.143. The van der Waals surface area contributed by atoms with Gasteiger partial charge in [-0.3, -0.25) is 0 Å². The second-order valence-corrected chi connectivity index (χ2v) is 4.23. The van der Waals surface area contributed by atoms with Crippen LogP contribution < -0.4 is 20.9 Å². The van der Waals surface area contributed by atoms with Crippen LogP contribution in [0, 0.1) is 0 Å². The van der Waals surface area contributed by atoms with Crippen molar-refractivity contribution in [3.8, 4) is 11.5 Å². The van der Waals surface area contributed by atoms with E-state index in [1.807, 2.05) is 0 Å². The zero-order valence-electron chi connectivity index (χ0n) is 11.9. The van der Waals surface area contributed by atoms with Crippen molar-refractivity contribution in [2.45, 2.75) is 12.7 Å². The molecule has 0 bridgehead atoms. The topological polar surface area (TPSA) is 70.5 Å². The molecule has 2 aromatic rings. The Morgan fingerprint density at radius 1 is 0.542 bits per heavy atom. The third-order valence-corrected chi connectivity index (χ3v) is 2.23. The Labute approximate surface area is 132 Å². The van der Waals surface area contributed by atoms with E-state index in [1.165, 1.54) is 24.3 Å². The van der Waals surface area contributed by atoms with Crippen LogP contribution in [0.5, 0.6) is 11.5 Å². The molecule has 2 aromatic carbocycles. The monoisotopic (exact) mass is 354 g/mol. The molecule has 0 fully saturated rings. The van der Waals surface area contributed by atoms with Crippen LogP contribution in [0.1, 0.15) is 0 Å². The van der Waals surface area contributed by atoms with Gasteiger partial charge in [-0.05, 0) is 48.5 Å². The first kappa shape index (κ1) is 19.3. The first-order valence-electron chi connectivity index (χ1n) is 6.17. The molecule has 0 radical (unpaired) electrons. The number of benzene rings is 2. The van der Waals surface area contributed by atoms with Gasteiger partial charge in [-0.25, -0.2) is 0 Å². The highest BCUT2D eigenvalue weighted by atomic mass is 19.4. The van der Waals surface area contributed by atoms with Crippen molar-refractivity contribution >= 4 is 11.4 Å². The Bertz CT molecular complexity index is 566. The van der Waals surface area contributed by atoms with Crippen molar-refractivity contribution in [1.82, 2.24) is 0 Å². The fourth-order valence-corrected chi connectivity index (χ4v) is 1.34. The van der Waals surface area contributed by atoms with E-state index in [1.54, 1.807) is 0 Å². The minimum atomic E-state index is -4.64. The first-order chi connectivity index (χ1) is 10.9. The summed E-state index contributed by atoms with van der Waals surface area (Å²) < 4.78 is 76.7. The quantitative estimate of drug-likeness (QED) is 0.622. The molecule has 0 aliphatic heterocycles. The molecule has 10 heteroatoms. The van der Waals surface area contributed by atoms with Gasteiger partial charge >= 0.3 is 12.7 Å². The third kappa shape index (κ3) is 8.61. The lowest BCUT2D eigenvalue weighted by Gasteiger charge is -2.07. The summed E-state index contributed by atoms with van der Waals surface area (Å²) in [7, 11) is 0. The summed E-state index contributed by atoms with van der Waals surface area (Å²) in [6.07, 6.45) is -9.29. The zero-order chi connectivity index (χ0) is 18.4. The number of ether oxygens (including phenoxy) is 2. The van der Waals surface area contributed by atoms with E-state index in [0.717, 1.165) is 24.3 Å². The number of rotatable bonds is 2. The maximum atomic E-state index is 11.6. The molecule has 0 spiro atoms. The second kappa shape index (κ2) is 7.66. The van der Waals surface area contributed by atoms with Crippen molar-refractivity contribution < 1.29 is 35.8 Å². The molecule has 4 nitrogen and oxygen atoms in total. The standard InChI is InChI=1S/2C7H6F3NO/c2*8-7(9,10)12-6-3-1-5(11)2-4-6/h2*1-4H,11H2. The van der Waals surface area contributed by atoms with Gasteiger partial charge in [0.05, 0.1) is 0 Å². The van der Waals surface area contributed by atoms with Gasteiger partial charge in [-0.2, -0.15) is 0 Å². The highest BCUT2D eigenvalue weighted by Gasteiger charge is 2.31. The molecule has 0 unspecified atom stereocenters. The smallest absolute Gasteiger partial charge is 0.406 e. The summed E-state index contributed by atoms with van der Waals surface area (Å²) in [6, 6.07) is 9.96. The first-order valence-corrected chi connectivity index (χ1v) is 6.17. The number of alkyl halides is 6. The molecule has 4 N–H and O–H groups in total. The van der Waals surface area contributed by atoms with Crippen LogP contribution in [0.4, 0.5) is 37.7 Å². The van der Waals surface area contributed by atoms with Crippen LogP contribution >= 0.6 is 0 Å². The number of nitrogen functional groups attached to an aromatic ring is 2. The van der Waals surface area contributed by atoms with Gasteiger partial charge in [0.15, 0.2) is 0 Å². The van der Waals surface area contributed by atoms with Gasteiger partial charge in [0, 0.05) is 11.4 Å². The molecule has 0 amide bonds. The van der Waals surface area contributed by atoms with Crippen LogP contribution in [0.25, 0.3) is 0 Å². The average molecular weight is 354 g/mol. The largest absolute Gasteiger partial charge is 0.573 e. The van der Waals surface area contributed by atoms with Crippen molar-refractivity contribution in [2.75, 3.05) is 11.5 Å². The molecule has 0 atom stereocenters. The molecular formula is C14H12F6N2O2. The SMILES string of the molecule is Nc1ccc(OC(F)(F)F)cc1.Nc1ccc(OC(F)(F)F)cc1. The highest BCUT2D eigenvalue weighted by Crippen LogP contribution is 2.23. The van der Waals surface area contributed by atoms with Crippen molar-refractivity contribution in [2.24, 2.45) is 0 Å². The lowest BCUT2D eigenvalue weighted by molar-refractivity contribution is -0.275. The van der Waals surface area contributed by atoms with Gasteiger partial charge in [0.25, 0.3) is 0 Å². The summed E-state index contributed by atoms with van der Waals surface area (Å²) in [4.78, 5) is 0. The molecular weight excluding hydrogens is 342 g/mol. The second-order valence-electron chi connectivity index (χ2n) is 4.23. The van der Waals surface area contributed by atoms with Gasteiger partial charge in [0.1, 0.15) is 11.5 Å². The summed E-state index contributed by atoms with van der Waals surface area (Å²) in [5.74, 6) is -0.534. The number of hydrogen-bond donors (Lipinski definition) is 2. The summed E-state index contributed by atoms with van der Waals surface area (Å²) in [5, 5.41) is 0. The zero-order valence-corrected chi connectivity index (χ0v) is 11.9. The molecule has 0 aromatic heterocycles. The molecule has 0 aliphatic carbocycles. The van der Waals surface area contributed by atoms with Gasteiger partial charge in [-0.15, -0.1) is 26.3 Å². The summed E-state index contributed by atoms with van der Waals surface area (Å²) >= 11 is 0. The molecule has 0 saturated carbocycles.